The molecule has 2 aliphatic heterocycles. The number of likely N-dealkylation sites (tertiary alicyclic amines) is 1. The van der Waals surface area contributed by atoms with Crippen LogP contribution in [0, 0.1) is 5.41 Å². The second-order valence-corrected chi connectivity index (χ2v) is 8.88. The van der Waals surface area contributed by atoms with E-state index >= 15 is 0 Å². The van der Waals surface area contributed by atoms with Crippen LogP contribution < -0.4 is 10.6 Å². The number of carbonyl (C=O) groups is 2. The molecule has 0 saturated carbocycles. The van der Waals surface area contributed by atoms with Crippen LogP contribution in [0.1, 0.15) is 41.1 Å². The van der Waals surface area contributed by atoms with Crippen LogP contribution in [0.25, 0.3) is 0 Å². The zero-order valence-electron chi connectivity index (χ0n) is 18.4. The average Bonchev–Trinajstić information content (AvgIpc) is 2.85. The van der Waals surface area contributed by atoms with Crippen molar-refractivity contribution >= 4 is 23.5 Å². The first-order valence-corrected chi connectivity index (χ1v) is 11.4. The lowest BCUT2D eigenvalue weighted by molar-refractivity contribution is -0.127. The van der Waals surface area contributed by atoms with Gasteiger partial charge in [-0.25, -0.2) is 9.97 Å². The Balaban J connectivity index is 1.30. The molecule has 2 amide bonds. The van der Waals surface area contributed by atoms with Crippen molar-refractivity contribution in [1.82, 2.24) is 20.2 Å². The lowest BCUT2D eigenvalue weighted by atomic mass is 9.62. The van der Waals surface area contributed by atoms with Gasteiger partial charge in [0.2, 0.25) is 11.9 Å². The van der Waals surface area contributed by atoms with Gasteiger partial charge in [0.15, 0.2) is 0 Å². The van der Waals surface area contributed by atoms with E-state index in [1.165, 1.54) is 5.56 Å². The number of carbonyl (C=O) groups excluding carboxylic acids is 2. The van der Waals surface area contributed by atoms with Crippen LogP contribution >= 0.6 is 0 Å². The molecule has 5 rings (SSSR count). The van der Waals surface area contributed by atoms with Crippen molar-refractivity contribution in [3.63, 3.8) is 0 Å². The van der Waals surface area contributed by atoms with Crippen molar-refractivity contribution in [3.05, 3.63) is 84.2 Å². The van der Waals surface area contributed by atoms with Gasteiger partial charge in [0, 0.05) is 55.6 Å². The summed E-state index contributed by atoms with van der Waals surface area (Å²) in [5.74, 6) is 0.888. The van der Waals surface area contributed by atoms with E-state index in [1.807, 2.05) is 35.2 Å². The van der Waals surface area contributed by atoms with Crippen molar-refractivity contribution in [3.8, 4) is 0 Å². The molecule has 2 fully saturated rings. The number of aromatic nitrogens is 2. The molecule has 1 atom stereocenters. The first kappa shape index (κ1) is 21.1. The molecule has 0 bridgehead atoms. The Hall–Kier alpha value is -3.74. The monoisotopic (exact) mass is 441 g/mol. The summed E-state index contributed by atoms with van der Waals surface area (Å²) in [6, 6.07) is 19.6. The zero-order chi connectivity index (χ0) is 22.7. The topological polar surface area (TPSA) is 87.2 Å². The second kappa shape index (κ2) is 9.02. The standard InChI is InChI=1S/C26H27N5O2/c32-23-17-26(22(18-29-23)19-6-2-1-3-7-19)10-14-31(15-11-26)24(33)20-8-4-9-21(16-20)30-25-27-12-5-13-28-25/h1-9,12-13,16,22H,10-11,14-15,17-18H2,(H,29,32)(H,27,28,30)/t22-/m1/s1. The maximum absolute atomic E-state index is 13.3. The van der Waals surface area contributed by atoms with Gasteiger partial charge < -0.3 is 15.5 Å². The fraction of sp³-hybridized carbons (Fsp3) is 0.308. The number of hydrogen-bond donors (Lipinski definition) is 2. The Bertz CT molecular complexity index is 1130. The van der Waals surface area contributed by atoms with Crippen molar-refractivity contribution in [2.45, 2.75) is 25.2 Å². The summed E-state index contributed by atoms with van der Waals surface area (Å²) in [5, 5.41) is 6.19. The molecule has 3 aromatic rings. The third-order valence-corrected chi connectivity index (χ3v) is 6.93. The lowest BCUT2D eigenvalue weighted by Crippen LogP contribution is -2.52. The fourth-order valence-electron chi connectivity index (χ4n) is 5.18. The molecular weight excluding hydrogens is 414 g/mol. The molecule has 0 radical (unpaired) electrons. The number of amides is 2. The number of hydrogen-bond acceptors (Lipinski definition) is 5. The first-order chi connectivity index (χ1) is 16.1. The molecule has 0 aliphatic carbocycles. The summed E-state index contributed by atoms with van der Waals surface area (Å²) in [6.07, 6.45) is 5.50. The third kappa shape index (κ3) is 4.44. The van der Waals surface area contributed by atoms with E-state index in [2.05, 4.69) is 44.9 Å². The molecule has 2 N–H and O–H groups in total. The van der Waals surface area contributed by atoms with Crippen LogP contribution in [-0.2, 0) is 4.79 Å². The molecule has 7 nitrogen and oxygen atoms in total. The van der Waals surface area contributed by atoms with E-state index < -0.39 is 0 Å². The number of nitrogens with zero attached hydrogens (tertiary/aromatic N) is 3. The Morgan fingerprint density at radius 3 is 2.52 bits per heavy atom. The number of benzene rings is 2. The molecular formula is C26H27N5O2. The first-order valence-electron chi connectivity index (χ1n) is 11.4. The van der Waals surface area contributed by atoms with E-state index in [0.717, 1.165) is 18.5 Å². The number of anilines is 2. The van der Waals surface area contributed by atoms with Crippen LogP contribution in [0.2, 0.25) is 0 Å². The van der Waals surface area contributed by atoms with Crippen LogP contribution in [0.4, 0.5) is 11.6 Å². The summed E-state index contributed by atoms with van der Waals surface area (Å²) in [4.78, 5) is 35.9. The summed E-state index contributed by atoms with van der Waals surface area (Å²) in [5.41, 5.74) is 2.56. The predicted molar refractivity (Wildman–Crippen MR) is 126 cm³/mol. The van der Waals surface area contributed by atoms with E-state index in [4.69, 9.17) is 0 Å². The molecule has 2 aliphatic rings. The van der Waals surface area contributed by atoms with Gasteiger partial charge in [-0.2, -0.15) is 0 Å². The highest BCUT2D eigenvalue weighted by atomic mass is 16.2. The predicted octanol–water partition coefficient (Wildman–Crippen LogP) is 3.75. The Morgan fingerprint density at radius 2 is 1.76 bits per heavy atom. The fourth-order valence-corrected chi connectivity index (χ4v) is 5.18. The number of piperidine rings is 2. The Kier molecular flexibility index (Phi) is 5.77. The van der Waals surface area contributed by atoms with Gasteiger partial charge >= 0.3 is 0 Å². The molecule has 168 valence electrons. The highest BCUT2D eigenvalue weighted by Crippen LogP contribution is 2.48. The summed E-state index contributed by atoms with van der Waals surface area (Å²) < 4.78 is 0. The quantitative estimate of drug-likeness (QED) is 0.644. The van der Waals surface area contributed by atoms with E-state index in [9.17, 15) is 9.59 Å². The number of nitrogens with one attached hydrogen (secondary N) is 2. The van der Waals surface area contributed by atoms with Gasteiger partial charge in [0.25, 0.3) is 5.91 Å². The van der Waals surface area contributed by atoms with Crippen LogP contribution in [0.5, 0.6) is 0 Å². The van der Waals surface area contributed by atoms with Crippen LogP contribution in [0.3, 0.4) is 0 Å². The van der Waals surface area contributed by atoms with Crippen molar-refractivity contribution < 1.29 is 9.59 Å². The zero-order valence-corrected chi connectivity index (χ0v) is 18.4. The minimum absolute atomic E-state index is 0.0130. The molecule has 33 heavy (non-hydrogen) atoms. The van der Waals surface area contributed by atoms with Gasteiger partial charge in [0.1, 0.15) is 0 Å². The minimum atomic E-state index is -0.103. The Morgan fingerprint density at radius 1 is 1.00 bits per heavy atom. The third-order valence-electron chi connectivity index (χ3n) is 6.93. The van der Waals surface area contributed by atoms with Gasteiger partial charge in [-0.15, -0.1) is 0 Å². The van der Waals surface area contributed by atoms with E-state index in [1.54, 1.807) is 18.5 Å². The van der Waals surface area contributed by atoms with E-state index in [-0.39, 0.29) is 23.1 Å². The Labute approximate surface area is 193 Å². The molecule has 0 unspecified atom stereocenters. The summed E-state index contributed by atoms with van der Waals surface area (Å²) in [6.45, 7) is 1.95. The summed E-state index contributed by atoms with van der Waals surface area (Å²) in [7, 11) is 0. The van der Waals surface area contributed by atoms with Crippen molar-refractivity contribution in [2.24, 2.45) is 5.41 Å². The van der Waals surface area contributed by atoms with Gasteiger partial charge in [-0.1, -0.05) is 36.4 Å². The lowest BCUT2D eigenvalue weighted by Gasteiger charge is -2.49. The van der Waals surface area contributed by atoms with Crippen LogP contribution in [0.15, 0.2) is 73.1 Å². The number of rotatable bonds is 4. The minimum Gasteiger partial charge on any atom is -0.355 e. The smallest absolute Gasteiger partial charge is 0.253 e. The largest absolute Gasteiger partial charge is 0.355 e. The summed E-state index contributed by atoms with van der Waals surface area (Å²) >= 11 is 0. The average molecular weight is 442 g/mol. The molecule has 3 heterocycles. The highest BCUT2D eigenvalue weighted by molar-refractivity contribution is 5.95. The van der Waals surface area contributed by atoms with Gasteiger partial charge in [-0.05, 0) is 48.1 Å². The maximum Gasteiger partial charge on any atom is 0.253 e. The molecule has 1 aromatic heterocycles. The molecule has 7 heteroatoms. The van der Waals surface area contributed by atoms with Crippen LogP contribution in [-0.4, -0.2) is 46.3 Å². The SMILES string of the molecule is O=C1CC2(CCN(C(=O)c3cccc(Nc4ncccn4)c3)CC2)[C@@H](c2ccccc2)CN1. The molecule has 2 aromatic carbocycles. The van der Waals surface area contributed by atoms with Crippen molar-refractivity contribution in [1.29, 1.82) is 0 Å². The second-order valence-electron chi connectivity index (χ2n) is 8.88. The highest BCUT2D eigenvalue weighted by Gasteiger charge is 2.46. The molecule has 2 saturated heterocycles. The van der Waals surface area contributed by atoms with E-state index in [0.29, 0.717) is 37.6 Å². The maximum atomic E-state index is 13.3. The van der Waals surface area contributed by atoms with Gasteiger partial charge in [0.05, 0.1) is 0 Å². The molecule has 1 spiro atoms. The normalized spacial score (nSPS) is 19.7. The van der Waals surface area contributed by atoms with Crippen molar-refractivity contribution in [2.75, 3.05) is 25.0 Å². The van der Waals surface area contributed by atoms with Gasteiger partial charge in [-0.3, -0.25) is 9.59 Å².